The Bertz CT molecular complexity index is 1100. The molecule has 1 amide bonds. The second-order valence-electron chi connectivity index (χ2n) is 7.29. The summed E-state index contributed by atoms with van der Waals surface area (Å²) in [5.74, 6) is -0.0770. The lowest BCUT2D eigenvalue weighted by Gasteiger charge is -2.25. The summed E-state index contributed by atoms with van der Waals surface area (Å²) in [6.45, 7) is 4.89. The molecule has 1 aliphatic rings. The number of rotatable bonds is 5. The molecular formula is C23H23NO4. The van der Waals surface area contributed by atoms with Gasteiger partial charge in [-0.25, -0.2) is 0 Å². The van der Waals surface area contributed by atoms with Crippen LogP contribution in [0, 0.1) is 13.8 Å². The number of benzene rings is 2. The standard InChI is InChI=1S/C23H23NO4/c1-14-12-15(2)18-17(13-14)28-22-19(21(18)25)20(16-8-5-4-6-9-16)24(23(22)26)10-7-11-27-3/h4-6,8-9,12-13,20H,7,10-11H2,1-3H3. The Morgan fingerprint density at radius 2 is 1.86 bits per heavy atom. The normalized spacial score (nSPS) is 16.0. The lowest BCUT2D eigenvalue weighted by molar-refractivity contribution is 0.0708. The van der Waals surface area contributed by atoms with E-state index in [4.69, 9.17) is 9.15 Å². The van der Waals surface area contributed by atoms with Gasteiger partial charge in [-0.05, 0) is 43.0 Å². The number of hydrogen-bond donors (Lipinski definition) is 0. The third-order valence-corrected chi connectivity index (χ3v) is 5.28. The molecule has 1 aromatic heterocycles. The number of methoxy groups -OCH3 is 1. The van der Waals surface area contributed by atoms with Gasteiger partial charge in [-0.3, -0.25) is 9.59 Å². The summed E-state index contributed by atoms with van der Waals surface area (Å²) >= 11 is 0. The summed E-state index contributed by atoms with van der Waals surface area (Å²) in [6, 6.07) is 13.0. The second-order valence-corrected chi connectivity index (χ2v) is 7.29. The van der Waals surface area contributed by atoms with Crippen molar-refractivity contribution in [2.45, 2.75) is 26.3 Å². The molecule has 144 valence electrons. The molecule has 2 aromatic carbocycles. The number of aryl methyl sites for hydroxylation is 2. The molecule has 0 spiro atoms. The van der Waals surface area contributed by atoms with Crippen LogP contribution in [0.5, 0.6) is 0 Å². The van der Waals surface area contributed by atoms with E-state index in [2.05, 4.69) is 0 Å². The molecule has 2 heterocycles. The van der Waals surface area contributed by atoms with Crippen LogP contribution in [0.3, 0.4) is 0 Å². The predicted molar refractivity (Wildman–Crippen MR) is 108 cm³/mol. The van der Waals surface area contributed by atoms with Crippen molar-refractivity contribution < 1.29 is 13.9 Å². The number of carbonyl (C=O) groups is 1. The maximum atomic E-state index is 13.5. The minimum Gasteiger partial charge on any atom is -0.450 e. The van der Waals surface area contributed by atoms with E-state index in [9.17, 15) is 9.59 Å². The molecule has 3 aromatic rings. The third-order valence-electron chi connectivity index (χ3n) is 5.28. The predicted octanol–water partition coefficient (Wildman–Crippen LogP) is 3.99. The highest BCUT2D eigenvalue weighted by molar-refractivity contribution is 5.99. The molecule has 28 heavy (non-hydrogen) atoms. The van der Waals surface area contributed by atoms with E-state index >= 15 is 0 Å². The number of hydrogen-bond acceptors (Lipinski definition) is 4. The SMILES string of the molecule is COCCCN1C(=O)c2oc3cc(C)cc(C)c3c(=O)c2C1c1ccccc1. The summed E-state index contributed by atoms with van der Waals surface area (Å²) in [6.07, 6.45) is 0.686. The van der Waals surface area contributed by atoms with Gasteiger partial charge < -0.3 is 14.1 Å². The zero-order valence-corrected chi connectivity index (χ0v) is 16.3. The maximum absolute atomic E-state index is 13.5. The molecule has 1 unspecified atom stereocenters. The van der Waals surface area contributed by atoms with Crippen molar-refractivity contribution in [2.75, 3.05) is 20.3 Å². The van der Waals surface area contributed by atoms with Crippen molar-refractivity contribution >= 4 is 16.9 Å². The first-order chi connectivity index (χ1) is 13.5. The Labute approximate surface area is 163 Å². The van der Waals surface area contributed by atoms with E-state index in [1.807, 2.05) is 56.3 Å². The summed E-state index contributed by atoms with van der Waals surface area (Å²) in [5.41, 5.74) is 3.56. The Morgan fingerprint density at radius 3 is 2.57 bits per heavy atom. The Balaban J connectivity index is 1.95. The lowest BCUT2D eigenvalue weighted by Crippen LogP contribution is -2.31. The first-order valence-corrected chi connectivity index (χ1v) is 9.45. The van der Waals surface area contributed by atoms with E-state index in [1.165, 1.54) is 0 Å². The van der Waals surface area contributed by atoms with Crippen LogP contribution in [0.2, 0.25) is 0 Å². The molecule has 1 aliphatic heterocycles. The van der Waals surface area contributed by atoms with Crippen LogP contribution in [0.25, 0.3) is 11.0 Å². The molecule has 5 heteroatoms. The summed E-state index contributed by atoms with van der Waals surface area (Å²) in [7, 11) is 1.64. The smallest absolute Gasteiger partial charge is 0.290 e. The van der Waals surface area contributed by atoms with E-state index in [0.29, 0.717) is 36.1 Å². The number of amides is 1. The number of ether oxygens (including phenoxy) is 1. The Hall–Kier alpha value is -2.92. The summed E-state index contributed by atoms with van der Waals surface area (Å²) in [4.78, 5) is 28.4. The minimum absolute atomic E-state index is 0.120. The molecule has 0 bridgehead atoms. The van der Waals surface area contributed by atoms with Gasteiger partial charge in [0.2, 0.25) is 5.76 Å². The molecule has 0 aliphatic carbocycles. The highest BCUT2D eigenvalue weighted by Crippen LogP contribution is 2.38. The van der Waals surface area contributed by atoms with Gasteiger partial charge in [0.25, 0.3) is 5.91 Å². The summed E-state index contributed by atoms with van der Waals surface area (Å²) < 4.78 is 11.2. The molecule has 4 rings (SSSR count). The van der Waals surface area contributed by atoms with Gasteiger partial charge in [0.1, 0.15) is 5.58 Å². The molecule has 0 fully saturated rings. The molecule has 0 N–H and O–H groups in total. The van der Waals surface area contributed by atoms with Crippen LogP contribution in [0.15, 0.2) is 51.7 Å². The van der Waals surface area contributed by atoms with Crippen LogP contribution in [0.1, 0.15) is 45.3 Å². The van der Waals surface area contributed by atoms with Crippen molar-refractivity contribution in [1.29, 1.82) is 0 Å². The van der Waals surface area contributed by atoms with Crippen LogP contribution in [-0.2, 0) is 4.74 Å². The van der Waals surface area contributed by atoms with Gasteiger partial charge in [-0.1, -0.05) is 36.4 Å². The van der Waals surface area contributed by atoms with Crippen molar-refractivity contribution in [3.05, 3.63) is 80.7 Å². The minimum atomic E-state index is -0.443. The van der Waals surface area contributed by atoms with E-state index < -0.39 is 6.04 Å². The van der Waals surface area contributed by atoms with Gasteiger partial charge in [-0.2, -0.15) is 0 Å². The average molecular weight is 377 g/mol. The van der Waals surface area contributed by atoms with Gasteiger partial charge in [0.05, 0.1) is 17.0 Å². The van der Waals surface area contributed by atoms with Gasteiger partial charge in [-0.15, -0.1) is 0 Å². The van der Waals surface area contributed by atoms with Crippen molar-refractivity contribution in [2.24, 2.45) is 0 Å². The van der Waals surface area contributed by atoms with Crippen LogP contribution in [-0.4, -0.2) is 31.1 Å². The van der Waals surface area contributed by atoms with E-state index in [0.717, 1.165) is 16.7 Å². The highest BCUT2D eigenvalue weighted by Gasteiger charge is 2.42. The number of carbonyl (C=O) groups excluding carboxylic acids is 1. The van der Waals surface area contributed by atoms with Crippen molar-refractivity contribution in [3.63, 3.8) is 0 Å². The molecule has 0 saturated heterocycles. The topological polar surface area (TPSA) is 59.8 Å². The molecule has 0 radical (unpaired) electrons. The van der Waals surface area contributed by atoms with Crippen molar-refractivity contribution in [3.8, 4) is 0 Å². The van der Waals surface area contributed by atoms with Gasteiger partial charge in [0.15, 0.2) is 5.43 Å². The van der Waals surface area contributed by atoms with Gasteiger partial charge >= 0.3 is 0 Å². The van der Waals surface area contributed by atoms with Crippen molar-refractivity contribution in [1.82, 2.24) is 4.90 Å². The van der Waals surface area contributed by atoms with E-state index in [1.54, 1.807) is 12.0 Å². The average Bonchev–Trinajstić information content (AvgIpc) is 2.95. The fourth-order valence-electron chi connectivity index (χ4n) is 4.11. The summed E-state index contributed by atoms with van der Waals surface area (Å²) in [5, 5.41) is 0.553. The van der Waals surface area contributed by atoms with Crippen LogP contribution < -0.4 is 5.43 Å². The zero-order valence-electron chi connectivity index (χ0n) is 16.3. The fourth-order valence-corrected chi connectivity index (χ4v) is 4.11. The molecule has 0 saturated carbocycles. The first-order valence-electron chi connectivity index (χ1n) is 9.45. The molecule has 5 nitrogen and oxygen atoms in total. The number of fused-ring (bicyclic) bond motifs is 2. The Kier molecular flexibility index (Phi) is 4.77. The Morgan fingerprint density at radius 1 is 1.11 bits per heavy atom. The first kappa shape index (κ1) is 18.4. The molecular weight excluding hydrogens is 354 g/mol. The fraction of sp³-hybridized carbons (Fsp3) is 0.304. The quantitative estimate of drug-likeness (QED) is 0.631. The lowest BCUT2D eigenvalue weighted by atomic mass is 9.97. The van der Waals surface area contributed by atoms with Crippen LogP contribution >= 0.6 is 0 Å². The monoisotopic (exact) mass is 377 g/mol. The zero-order chi connectivity index (χ0) is 19.8. The maximum Gasteiger partial charge on any atom is 0.290 e. The van der Waals surface area contributed by atoms with Gasteiger partial charge in [0, 0.05) is 20.3 Å². The van der Waals surface area contributed by atoms with Crippen LogP contribution in [0.4, 0.5) is 0 Å². The third kappa shape index (κ3) is 2.92. The second kappa shape index (κ2) is 7.24. The highest BCUT2D eigenvalue weighted by atomic mass is 16.5. The largest absolute Gasteiger partial charge is 0.450 e. The van der Waals surface area contributed by atoms with E-state index in [-0.39, 0.29) is 17.1 Å². The number of nitrogens with zero attached hydrogens (tertiary/aromatic N) is 1. The molecule has 1 atom stereocenters.